The van der Waals surface area contributed by atoms with Gasteiger partial charge < -0.3 is 10.3 Å². The summed E-state index contributed by atoms with van der Waals surface area (Å²) >= 11 is 1.45. The molecule has 148 valence electrons. The normalized spacial score (nSPS) is 15.7. The van der Waals surface area contributed by atoms with Crippen LogP contribution in [0.5, 0.6) is 0 Å². The van der Waals surface area contributed by atoms with E-state index in [0.29, 0.717) is 22.3 Å². The molecule has 0 fully saturated rings. The molecule has 1 unspecified atom stereocenters. The Morgan fingerprint density at radius 2 is 1.86 bits per heavy atom. The minimum absolute atomic E-state index is 0.116. The number of anilines is 1. The van der Waals surface area contributed by atoms with Gasteiger partial charge in [-0.15, -0.1) is 0 Å². The summed E-state index contributed by atoms with van der Waals surface area (Å²) in [5.74, 6) is 0.668. The summed E-state index contributed by atoms with van der Waals surface area (Å²) in [6.45, 7) is 6.10. The second kappa shape index (κ2) is 7.87. The molecule has 1 aliphatic rings. The Balaban J connectivity index is 1.67. The zero-order chi connectivity index (χ0) is 20.5. The lowest BCUT2D eigenvalue weighted by Gasteiger charge is -2.25. The molecule has 0 bridgehead atoms. The number of benzene rings is 2. The van der Waals surface area contributed by atoms with Gasteiger partial charge in [0.25, 0.3) is 5.56 Å². The molecular weight excluding hydrogens is 382 g/mol. The number of hydrogen-bond donors (Lipinski definition) is 2. The number of rotatable bonds is 4. The molecule has 6 heteroatoms. The van der Waals surface area contributed by atoms with Gasteiger partial charge in [-0.2, -0.15) is 0 Å². The van der Waals surface area contributed by atoms with Gasteiger partial charge in [0.1, 0.15) is 5.82 Å². The van der Waals surface area contributed by atoms with Crippen LogP contribution in [0.4, 0.5) is 5.82 Å². The number of nitrogens with zero attached hydrogens (tertiary/aromatic N) is 1. The quantitative estimate of drug-likeness (QED) is 0.496. The van der Waals surface area contributed by atoms with E-state index >= 15 is 0 Å². The van der Waals surface area contributed by atoms with Crippen LogP contribution in [0.3, 0.4) is 0 Å². The maximum absolute atomic E-state index is 13.0. The molecule has 4 rings (SSSR count). The largest absolute Gasteiger partial charge is 0.310 e. The summed E-state index contributed by atoms with van der Waals surface area (Å²) < 4.78 is 0. The molecule has 2 heterocycles. The number of carbonyl (C=O) groups excluding carboxylic acids is 1. The molecule has 5 nitrogen and oxygen atoms in total. The first-order valence-electron chi connectivity index (χ1n) is 9.60. The van der Waals surface area contributed by atoms with Gasteiger partial charge in [0.15, 0.2) is 5.16 Å². The first-order chi connectivity index (χ1) is 13.9. The van der Waals surface area contributed by atoms with E-state index in [2.05, 4.69) is 46.5 Å². The third-order valence-corrected chi connectivity index (χ3v) is 6.13. The number of H-pyrrole nitrogens is 1. The molecule has 1 aromatic heterocycles. The van der Waals surface area contributed by atoms with Crippen LogP contribution in [0.1, 0.15) is 45.7 Å². The van der Waals surface area contributed by atoms with Crippen molar-refractivity contribution in [3.8, 4) is 0 Å². The Kier molecular flexibility index (Phi) is 5.28. The third-order valence-electron chi connectivity index (χ3n) is 5.19. The molecule has 0 aliphatic carbocycles. The van der Waals surface area contributed by atoms with Crippen molar-refractivity contribution in [2.75, 3.05) is 5.32 Å². The van der Waals surface area contributed by atoms with Gasteiger partial charge in [-0.3, -0.25) is 9.59 Å². The lowest BCUT2D eigenvalue weighted by atomic mass is 9.84. The fourth-order valence-corrected chi connectivity index (χ4v) is 4.66. The molecule has 0 saturated heterocycles. The first-order valence-corrected chi connectivity index (χ1v) is 10.6. The molecule has 0 saturated carbocycles. The highest BCUT2D eigenvalue weighted by atomic mass is 32.2. The maximum Gasteiger partial charge on any atom is 0.257 e. The van der Waals surface area contributed by atoms with Crippen molar-refractivity contribution >= 4 is 23.5 Å². The fourth-order valence-electron chi connectivity index (χ4n) is 3.85. The van der Waals surface area contributed by atoms with Gasteiger partial charge in [-0.25, -0.2) is 4.98 Å². The van der Waals surface area contributed by atoms with Gasteiger partial charge in [0.2, 0.25) is 5.91 Å². The number of hydrogen-bond acceptors (Lipinski definition) is 4. The van der Waals surface area contributed by atoms with Gasteiger partial charge >= 0.3 is 0 Å². The number of fused-ring (bicyclic) bond motifs is 1. The standard InChI is InChI=1S/C23H23N3O2S/c1-13-5-4-6-16(10-13)12-29-23-25-21-20(22(28)26-23)18(11-19(27)24-21)17-8-7-14(2)9-15(17)3/h4-10,18H,11-12H2,1-3H3,(H2,24,25,26,27,28). The van der Waals surface area contributed by atoms with Gasteiger partial charge in [-0.05, 0) is 37.5 Å². The SMILES string of the molecule is Cc1cccc(CSc2nc3c(c(=O)[nH]2)C(c2ccc(C)cc2C)CC(=O)N3)c1. The number of aromatic amines is 1. The highest BCUT2D eigenvalue weighted by Crippen LogP contribution is 2.36. The van der Waals surface area contributed by atoms with Gasteiger partial charge in [-0.1, -0.05) is 65.4 Å². The lowest BCUT2D eigenvalue weighted by Crippen LogP contribution is -2.31. The van der Waals surface area contributed by atoms with E-state index in [0.717, 1.165) is 22.3 Å². The summed E-state index contributed by atoms with van der Waals surface area (Å²) in [7, 11) is 0. The van der Waals surface area contributed by atoms with Crippen LogP contribution in [-0.2, 0) is 10.5 Å². The highest BCUT2D eigenvalue weighted by Gasteiger charge is 2.31. The van der Waals surface area contributed by atoms with Crippen molar-refractivity contribution in [1.82, 2.24) is 9.97 Å². The highest BCUT2D eigenvalue weighted by molar-refractivity contribution is 7.98. The number of carbonyl (C=O) groups is 1. The average Bonchev–Trinajstić information content (AvgIpc) is 2.65. The minimum Gasteiger partial charge on any atom is -0.310 e. The van der Waals surface area contributed by atoms with Crippen molar-refractivity contribution in [2.24, 2.45) is 0 Å². The van der Waals surface area contributed by atoms with E-state index < -0.39 is 0 Å². The Labute approximate surface area is 174 Å². The first kappa shape index (κ1) is 19.5. The summed E-state index contributed by atoms with van der Waals surface area (Å²) in [4.78, 5) is 32.8. The maximum atomic E-state index is 13.0. The van der Waals surface area contributed by atoms with Crippen LogP contribution in [0.2, 0.25) is 0 Å². The summed E-state index contributed by atoms with van der Waals surface area (Å²) in [6.07, 6.45) is 0.247. The average molecular weight is 406 g/mol. The van der Waals surface area contributed by atoms with Crippen molar-refractivity contribution in [2.45, 2.75) is 44.0 Å². The molecule has 2 N–H and O–H groups in total. The summed E-state index contributed by atoms with van der Waals surface area (Å²) in [6, 6.07) is 14.3. The van der Waals surface area contributed by atoms with E-state index in [-0.39, 0.29) is 23.8 Å². The Bertz CT molecular complexity index is 1150. The molecule has 2 aromatic carbocycles. The van der Waals surface area contributed by atoms with Crippen LogP contribution >= 0.6 is 11.8 Å². The van der Waals surface area contributed by atoms with Crippen molar-refractivity contribution in [3.05, 3.63) is 86.2 Å². The molecule has 29 heavy (non-hydrogen) atoms. The van der Waals surface area contributed by atoms with Crippen LogP contribution in [-0.4, -0.2) is 15.9 Å². The van der Waals surface area contributed by atoms with Crippen LogP contribution in [0.25, 0.3) is 0 Å². The van der Waals surface area contributed by atoms with Crippen molar-refractivity contribution in [1.29, 1.82) is 0 Å². The van der Waals surface area contributed by atoms with E-state index in [1.54, 1.807) is 0 Å². The van der Waals surface area contributed by atoms with Gasteiger partial charge in [0, 0.05) is 18.1 Å². The molecule has 1 aliphatic heterocycles. The number of nitrogens with one attached hydrogen (secondary N) is 2. The van der Waals surface area contributed by atoms with E-state index in [1.807, 2.05) is 32.0 Å². The molecule has 0 spiro atoms. The molecule has 1 amide bonds. The van der Waals surface area contributed by atoms with Crippen LogP contribution in [0, 0.1) is 20.8 Å². The second-order valence-corrected chi connectivity index (χ2v) is 8.54. The molecule has 3 aromatic rings. The van der Waals surface area contributed by atoms with Crippen LogP contribution in [0.15, 0.2) is 52.4 Å². The predicted molar refractivity (Wildman–Crippen MR) is 117 cm³/mol. The molecule has 1 atom stereocenters. The van der Waals surface area contributed by atoms with Crippen molar-refractivity contribution in [3.63, 3.8) is 0 Å². The van der Waals surface area contributed by atoms with Crippen molar-refractivity contribution < 1.29 is 4.79 Å². The fraction of sp³-hybridized carbons (Fsp3) is 0.261. The topological polar surface area (TPSA) is 74.8 Å². The predicted octanol–water partition coefficient (Wildman–Crippen LogP) is 4.46. The Hall–Kier alpha value is -2.86. The summed E-state index contributed by atoms with van der Waals surface area (Å²) in [5, 5.41) is 3.31. The van der Waals surface area contributed by atoms with Gasteiger partial charge in [0.05, 0.1) is 5.56 Å². The lowest BCUT2D eigenvalue weighted by molar-refractivity contribution is -0.116. The smallest absolute Gasteiger partial charge is 0.257 e. The van der Waals surface area contributed by atoms with E-state index in [1.165, 1.54) is 17.3 Å². The second-order valence-electron chi connectivity index (χ2n) is 7.58. The molecule has 0 radical (unpaired) electrons. The number of thioether (sulfide) groups is 1. The Morgan fingerprint density at radius 1 is 1.07 bits per heavy atom. The number of aryl methyl sites for hydroxylation is 3. The summed E-state index contributed by atoms with van der Waals surface area (Å²) in [5.41, 5.74) is 5.93. The molecular formula is C23H23N3O2S. The third kappa shape index (κ3) is 4.12. The minimum atomic E-state index is -0.286. The number of aromatic nitrogens is 2. The zero-order valence-electron chi connectivity index (χ0n) is 16.7. The van der Waals surface area contributed by atoms with Crippen LogP contribution < -0.4 is 10.9 Å². The number of amides is 1. The Morgan fingerprint density at radius 3 is 2.62 bits per heavy atom. The van der Waals surface area contributed by atoms with E-state index in [9.17, 15) is 9.59 Å². The monoisotopic (exact) mass is 405 g/mol. The van der Waals surface area contributed by atoms with E-state index in [4.69, 9.17) is 0 Å². The zero-order valence-corrected chi connectivity index (χ0v) is 17.5.